The highest BCUT2D eigenvalue weighted by atomic mass is 35.5. The first-order valence-corrected chi connectivity index (χ1v) is 35.3. The Kier molecular flexibility index (Phi) is 31.3. The molecule has 107 heavy (non-hydrogen) atoms. The summed E-state index contributed by atoms with van der Waals surface area (Å²) in [5, 5.41) is 43.8. The zero-order valence-corrected chi connectivity index (χ0v) is 60.1. The fourth-order valence-electron chi connectivity index (χ4n) is 12.4. The Hall–Kier alpha value is -11.7. The summed E-state index contributed by atoms with van der Waals surface area (Å²) < 4.78 is 0. The summed E-state index contributed by atoms with van der Waals surface area (Å²) >= 11 is 6.21. The van der Waals surface area contributed by atoms with Crippen molar-refractivity contribution in [3.8, 4) is 0 Å². The summed E-state index contributed by atoms with van der Waals surface area (Å²) in [6.07, 6.45) is -1.13. The molecule has 0 unspecified atom stereocenters. The Balaban J connectivity index is 1.25. The number of halogens is 1. The average molecular weight is 1500 g/mol. The number of aliphatic carboxylic acids is 1. The lowest BCUT2D eigenvalue weighted by molar-refractivity contribution is -0.145. The van der Waals surface area contributed by atoms with E-state index in [4.69, 9.17) is 28.8 Å². The standard InChI is InChI=1S/C71H91ClN20O15/c1-38(2)29-51(63(99)83-50(16-9-27-78-71(74)75)69(105)92-28-10-17-57(92)68(104)89-56(35-73)70(106)107)84-65(101)53(32-41-18-21-42-11-4-5-12-43(42)30-41)86-61(97)48-15-8-26-77-60(96)37-80-58(94)25-24-49(81-39(3)93)62(98)85-52(31-40-19-22-45(72)23-20-40)64(100)87-54(33-44-36-79-47-14-7-6-13-46(44)47)66(102)88-55(67(103)82-48)34-59(95)90-91-76/h4-7,11-14,18-23,30,36,38,48-57,79H,8-10,15-17,24-29,31-35,37,73H2,1-3H3,(H,77,96)(H,80,94)(H,81,93)(H,82,103)(H,83,99)(H,84,101)(H,85,98)(H,86,97)(H,87,100)(H,88,102)(H,89,104)(H,106,107)(H4,74,75,78)/t48-,49-,50-,51-,52+,53+,54+,55-,56-,57-/m0/s1. The fraction of sp³-hybridized carbons (Fsp3) is 0.451. The van der Waals surface area contributed by atoms with Gasteiger partial charge in [-0.05, 0) is 114 Å². The van der Waals surface area contributed by atoms with Crippen molar-refractivity contribution in [3.63, 3.8) is 0 Å². The molecule has 572 valence electrons. The van der Waals surface area contributed by atoms with E-state index < -0.39 is 169 Å². The van der Waals surface area contributed by atoms with Crippen molar-refractivity contribution in [2.24, 2.45) is 33.2 Å². The Labute approximate surface area is 619 Å². The number of amides is 13. The van der Waals surface area contributed by atoms with Crippen LogP contribution in [-0.4, -0.2) is 197 Å². The minimum atomic E-state index is -2.02. The molecule has 0 bridgehead atoms. The van der Waals surface area contributed by atoms with Crippen LogP contribution in [0.1, 0.15) is 102 Å². The van der Waals surface area contributed by atoms with E-state index in [1.807, 2.05) is 18.2 Å². The van der Waals surface area contributed by atoms with Crippen LogP contribution in [0.3, 0.4) is 0 Å². The van der Waals surface area contributed by atoms with E-state index in [1.54, 1.807) is 80.7 Å². The molecule has 0 radical (unpaired) electrons. The van der Waals surface area contributed by atoms with Crippen LogP contribution in [-0.2, 0) is 86.4 Å². The fourth-order valence-corrected chi connectivity index (χ4v) is 12.5. The first-order chi connectivity index (χ1) is 51.1. The third-order valence-electron chi connectivity index (χ3n) is 17.8. The molecule has 1 aromatic heterocycles. The molecule has 2 saturated heterocycles. The molecule has 0 spiro atoms. The minimum absolute atomic E-state index is 0.0108. The van der Waals surface area contributed by atoms with Crippen LogP contribution in [0.25, 0.3) is 32.1 Å². The molecule has 0 aliphatic carbocycles. The number of rotatable bonds is 26. The molecule has 5 aromatic rings. The number of carboxylic acids is 1. The van der Waals surface area contributed by atoms with Crippen molar-refractivity contribution in [2.75, 3.05) is 32.7 Å². The van der Waals surface area contributed by atoms with Gasteiger partial charge >= 0.3 is 5.97 Å². The molecule has 4 aromatic carbocycles. The van der Waals surface area contributed by atoms with Crippen LogP contribution in [0, 0.1) is 5.92 Å². The van der Waals surface area contributed by atoms with E-state index in [9.17, 15) is 58.6 Å². The van der Waals surface area contributed by atoms with E-state index in [0.29, 0.717) is 39.0 Å². The first kappa shape index (κ1) is 82.6. The average Bonchev–Trinajstić information content (AvgIpc) is 1.79. The summed E-state index contributed by atoms with van der Waals surface area (Å²) in [6, 6.07) is 10.2. The second kappa shape index (κ2) is 40.5. The lowest BCUT2D eigenvalue weighted by Gasteiger charge is -2.31. The minimum Gasteiger partial charge on any atom is -0.480 e. The van der Waals surface area contributed by atoms with Crippen molar-refractivity contribution in [2.45, 2.75) is 165 Å². The molecule has 13 amide bonds. The van der Waals surface area contributed by atoms with E-state index >= 15 is 19.2 Å². The molecule has 7 rings (SSSR count). The smallest absolute Gasteiger partial charge is 0.327 e. The maximum atomic E-state index is 15.3. The third kappa shape index (κ3) is 25.6. The second-order valence-corrected chi connectivity index (χ2v) is 26.9. The SMILES string of the molecule is CC(=O)N[C@H]1CCC(=O)NCC(=O)NCCC[C@@H](C(=O)N[C@H](Cc2ccc3ccccc3c2)C(=O)N[C@@H](CC(C)C)C(=O)N[C@@H](CCCN=C(N)N)C(=O)N2CCC[C@H]2C(=O)N[C@@H](CN)C(=O)O)NC(=O)[C@H](CC(=O)N=[N+]=[N-])NC(=O)[C@@H](Cc2c[nH]c3ccccc23)NC(=O)[C@@H](Cc2ccc(Cl)cc2)NC1=O. The summed E-state index contributed by atoms with van der Waals surface area (Å²) in [4.78, 5) is 208. The Bertz CT molecular complexity index is 4160. The van der Waals surface area contributed by atoms with Gasteiger partial charge in [-0.2, -0.15) is 0 Å². The quantitative estimate of drug-likeness (QED) is 0.00833. The number of aliphatic imine (C=N–C) groups is 1. The number of carboxylic acid groups (broad SMARTS) is 1. The molecule has 35 nitrogen and oxygen atoms in total. The summed E-state index contributed by atoms with van der Waals surface area (Å²) in [7, 11) is 0. The molecule has 2 aliphatic rings. The van der Waals surface area contributed by atoms with Gasteiger partial charge in [0.15, 0.2) is 5.96 Å². The number of carbonyl (C=O) groups is 14. The number of guanidine groups is 1. The number of hydrogen-bond acceptors (Lipinski definition) is 16. The molecular weight excluding hydrogens is 1410 g/mol. The van der Waals surface area contributed by atoms with Crippen LogP contribution in [0.2, 0.25) is 5.02 Å². The van der Waals surface area contributed by atoms with Gasteiger partial charge in [-0.15, -0.1) is 0 Å². The highest BCUT2D eigenvalue weighted by molar-refractivity contribution is 6.30. The van der Waals surface area contributed by atoms with E-state index in [0.717, 1.165) is 17.7 Å². The van der Waals surface area contributed by atoms with Crippen molar-refractivity contribution in [1.29, 1.82) is 0 Å². The van der Waals surface area contributed by atoms with Crippen molar-refractivity contribution in [3.05, 3.63) is 129 Å². The van der Waals surface area contributed by atoms with Gasteiger partial charge in [0.2, 0.25) is 76.8 Å². The Morgan fingerprint density at radius 3 is 2.04 bits per heavy atom. The number of aromatic nitrogens is 1. The molecule has 2 aliphatic heterocycles. The second-order valence-electron chi connectivity index (χ2n) is 26.5. The van der Waals surface area contributed by atoms with Gasteiger partial charge in [0.25, 0.3) is 0 Å². The van der Waals surface area contributed by atoms with Crippen LogP contribution < -0.4 is 75.7 Å². The number of aromatic amines is 1. The number of azide groups is 1. The van der Waals surface area contributed by atoms with Crippen molar-refractivity contribution in [1.82, 2.24) is 68.4 Å². The van der Waals surface area contributed by atoms with Gasteiger partial charge < -0.3 is 90.7 Å². The number of nitrogens with one attached hydrogen (secondary N) is 12. The summed E-state index contributed by atoms with van der Waals surface area (Å²) in [6.45, 7) is 3.44. The topological polar surface area (TPSA) is 550 Å². The van der Waals surface area contributed by atoms with Gasteiger partial charge in [0.05, 0.1) is 6.54 Å². The Morgan fingerprint density at radius 1 is 0.701 bits per heavy atom. The van der Waals surface area contributed by atoms with Crippen LogP contribution in [0.4, 0.5) is 0 Å². The maximum absolute atomic E-state index is 15.3. The van der Waals surface area contributed by atoms with Crippen molar-refractivity contribution < 1.29 is 72.2 Å². The van der Waals surface area contributed by atoms with Crippen LogP contribution >= 0.6 is 11.6 Å². The predicted molar refractivity (Wildman–Crippen MR) is 392 cm³/mol. The lowest BCUT2D eigenvalue weighted by atomic mass is 9.98. The van der Waals surface area contributed by atoms with Gasteiger partial charge in [-0.1, -0.05) is 98.2 Å². The Morgan fingerprint density at radius 2 is 1.35 bits per heavy atom. The third-order valence-corrected chi connectivity index (χ3v) is 18.0. The number of nitrogens with two attached hydrogens (primary N) is 3. The van der Waals surface area contributed by atoms with E-state index in [1.165, 1.54) is 17.0 Å². The zero-order valence-electron chi connectivity index (χ0n) is 59.3. The van der Waals surface area contributed by atoms with E-state index in [2.05, 4.69) is 78.5 Å². The number of carbonyl (C=O) groups excluding carboxylic acids is 13. The largest absolute Gasteiger partial charge is 0.480 e. The van der Waals surface area contributed by atoms with Crippen LogP contribution in [0.5, 0.6) is 0 Å². The molecular formula is C71H91ClN20O15. The molecule has 19 N–H and O–H groups in total. The first-order valence-electron chi connectivity index (χ1n) is 35.0. The molecule has 2 fully saturated rings. The maximum Gasteiger partial charge on any atom is 0.327 e. The van der Waals surface area contributed by atoms with Crippen molar-refractivity contribution >= 4 is 122 Å². The zero-order chi connectivity index (χ0) is 77.9. The number of fused-ring (bicyclic) bond motifs is 2. The predicted octanol–water partition coefficient (Wildman–Crippen LogP) is -0.447. The molecule has 36 heteroatoms. The summed E-state index contributed by atoms with van der Waals surface area (Å²) in [5.74, 6) is -14.0. The molecule has 3 heterocycles. The highest BCUT2D eigenvalue weighted by Crippen LogP contribution is 2.24. The summed E-state index contributed by atoms with van der Waals surface area (Å²) in [5.41, 5.74) is 28.2. The van der Waals surface area contributed by atoms with Gasteiger partial charge in [-0.25, -0.2) is 4.79 Å². The number of nitrogens with zero attached hydrogens (tertiary/aromatic N) is 5. The van der Waals surface area contributed by atoms with Crippen LogP contribution in [0.15, 0.2) is 107 Å². The highest BCUT2D eigenvalue weighted by Gasteiger charge is 2.41. The molecule has 0 saturated carbocycles. The number of para-hydroxylation sites is 1. The molecule has 10 atom stereocenters. The number of benzene rings is 4. The number of H-pyrrole nitrogens is 1. The lowest BCUT2D eigenvalue weighted by Crippen LogP contribution is -2.61. The van der Waals surface area contributed by atoms with Gasteiger partial charge in [0.1, 0.15) is 60.4 Å². The van der Waals surface area contributed by atoms with E-state index in [-0.39, 0.29) is 95.7 Å². The van der Waals surface area contributed by atoms with Gasteiger partial charge in [-0.3, -0.25) is 67.3 Å². The monoisotopic (exact) mass is 1500 g/mol. The number of hydrogen-bond donors (Lipinski definition) is 16. The normalized spacial score (nSPS) is 19.8. The number of likely N-dealkylation sites (tertiary alicyclic amines) is 1. The van der Waals surface area contributed by atoms with Gasteiger partial charge in [0, 0.05) is 92.2 Å².